The number of rotatable bonds is 1. The Labute approximate surface area is 102 Å². The quantitative estimate of drug-likeness (QED) is 0.815. The topological polar surface area (TPSA) is 29.3 Å². The molecule has 0 aliphatic carbocycles. The number of hydrogen-bond donors (Lipinski definition) is 1. The smallest absolute Gasteiger partial charge is 0.0644 e. The fourth-order valence-corrected chi connectivity index (χ4v) is 2.92. The molecule has 1 fully saturated rings. The van der Waals surface area contributed by atoms with Gasteiger partial charge in [-0.2, -0.15) is 0 Å². The maximum absolute atomic E-state index is 6.33. The van der Waals surface area contributed by atoms with Crippen LogP contribution in [0.5, 0.6) is 0 Å². The van der Waals surface area contributed by atoms with Crippen molar-refractivity contribution in [1.82, 2.24) is 0 Å². The molecule has 1 aliphatic heterocycles. The van der Waals surface area contributed by atoms with Gasteiger partial charge in [-0.1, -0.05) is 17.7 Å². The van der Waals surface area contributed by atoms with E-state index < -0.39 is 0 Å². The van der Waals surface area contributed by atoms with Crippen LogP contribution in [0.4, 0.5) is 5.69 Å². The molecule has 1 aromatic carbocycles. The molecule has 3 heteroatoms. The molecule has 1 aliphatic rings. The second-order valence-electron chi connectivity index (χ2n) is 5.24. The van der Waals surface area contributed by atoms with Gasteiger partial charge >= 0.3 is 0 Å². The summed E-state index contributed by atoms with van der Waals surface area (Å²) in [4.78, 5) is 2.30. The van der Waals surface area contributed by atoms with Crippen molar-refractivity contribution < 1.29 is 0 Å². The number of halogens is 1. The van der Waals surface area contributed by atoms with Crippen molar-refractivity contribution in [1.29, 1.82) is 0 Å². The lowest BCUT2D eigenvalue weighted by atomic mass is 10.0. The van der Waals surface area contributed by atoms with E-state index in [1.165, 1.54) is 11.1 Å². The van der Waals surface area contributed by atoms with Crippen LogP contribution in [-0.2, 0) is 0 Å². The zero-order chi connectivity index (χ0) is 11.9. The van der Waals surface area contributed by atoms with E-state index in [1.807, 2.05) is 6.07 Å². The summed E-state index contributed by atoms with van der Waals surface area (Å²) in [6.45, 7) is 8.16. The maximum atomic E-state index is 6.33. The van der Waals surface area contributed by atoms with E-state index in [4.69, 9.17) is 17.3 Å². The van der Waals surface area contributed by atoms with Crippen LogP contribution >= 0.6 is 11.6 Å². The summed E-state index contributed by atoms with van der Waals surface area (Å²) in [5.41, 5.74) is 9.67. The fourth-order valence-electron chi connectivity index (χ4n) is 2.48. The molecule has 0 spiro atoms. The second kappa shape index (κ2) is 3.94. The Balaban J connectivity index is 2.35. The van der Waals surface area contributed by atoms with Gasteiger partial charge in [0.2, 0.25) is 0 Å². The van der Waals surface area contributed by atoms with E-state index in [-0.39, 0.29) is 5.54 Å². The third kappa shape index (κ3) is 2.18. The van der Waals surface area contributed by atoms with Crippen molar-refractivity contribution in [3.05, 3.63) is 28.3 Å². The SMILES string of the molecule is Cc1cc(C)c(N2CCC(C)(N)C2)c(Cl)c1. The number of nitrogens with zero attached hydrogens (tertiary/aromatic N) is 1. The van der Waals surface area contributed by atoms with Crippen LogP contribution in [0.15, 0.2) is 12.1 Å². The predicted molar refractivity (Wildman–Crippen MR) is 70.3 cm³/mol. The minimum Gasteiger partial charge on any atom is -0.368 e. The van der Waals surface area contributed by atoms with Crippen molar-refractivity contribution in [3.63, 3.8) is 0 Å². The lowest BCUT2D eigenvalue weighted by molar-refractivity contribution is 0.525. The van der Waals surface area contributed by atoms with Crippen molar-refractivity contribution in [2.45, 2.75) is 32.7 Å². The van der Waals surface area contributed by atoms with Gasteiger partial charge in [0.25, 0.3) is 0 Å². The molecule has 0 amide bonds. The first-order chi connectivity index (χ1) is 7.39. The summed E-state index contributed by atoms with van der Waals surface area (Å²) < 4.78 is 0. The summed E-state index contributed by atoms with van der Waals surface area (Å²) in [6, 6.07) is 4.20. The van der Waals surface area contributed by atoms with Crippen LogP contribution in [0.3, 0.4) is 0 Å². The van der Waals surface area contributed by atoms with Gasteiger partial charge in [0.1, 0.15) is 0 Å². The molecule has 1 unspecified atom stereocenters. The van der Waals surface area contributed by atoms with Gasteiger partial charge in [0, 0.05) is 18.6 Å². The third-order valence-electron chi connectivity index (χ3n) is 3.22. The minimum atomic E-state index is -0.0827. The number of aryl methyl sites for hydroxylation is 2. The molecule has 1 aromatic rings. The van der Waals surface area contributed by atoms with Crippen LogP contribution in [0.1, 0.15) is 24.5 Å². The summed E-state index contributed by atoms with van der Waals surface area (Å²) in [7, 11) is 0. The molecule has 1 heterocycles. The van der Waals surface area contributed by atoms with E-state index in [9.17, 15) is 0 Å². The second-order valence-corrected chi connectivity index (χ2v) is 5.65. The lowest BCUT2D eigenvalue weighted by Crippen LogP contribution is -2.39. The van der Waals surface area contributed by atoms with Crippen molar-refractivity contribution in [2.24, 2.45) is 5.73 Å². The van der Waals surface area contributed by atoms with Gasteiger partial charge in [0.15, 0.2) is 0 Å². The standard InChI is InChI=1S/C13H19ClN2/c1-9-6-10(2)12(11(14)7-9)16-5-4-13(3,15)8-16/h6-7H,4-5,8,15H2,1-3H3. The van der Waals surface area contributed by atoms with E-state index >= 15 is 0 Å². The Bertz CT molecular complexity index is 389. The molecule has 0 radical (unpaired) electrons. The largest absolute Gasteiger partial charge is 0.368 e. The Morgan fingerprint density at radius 2 is 2.06 bits per heavy atom. The number of benzene rings is 1. The number of nitrogens with two attached hydrogens (primary N) is 1. The Morgan fingerprint density at radius 3 is 2.56 bits per heavy atom. The maximum Gasteiger partial charge on any atom is 0.0644 e. The first-order valence-electron chi connectivity index (χ1n) is 5.70. The van der Waals surface area contributed by atoms with Crippen LogP contribution in [0.2, 0.25) is 5.02 Å². The van der Waals surface area contributed by atoms with Crippen LogP contribution < -0.4 is 10.6 Å². The first-order valence-corrected chi connectivity index (χ1v) is 6.07. The minimum absolute atomic E-state index is 0.0827. The molecule has 0 saturated carbocycles. The van der Waals surface area contributed by atoms with E-state index in [0.717, 1.165) is 30.2 Å². The summed E-state index contributed by atoms with van der Waals surface area (Å²) >= 11 is 6.33. The van der Waals surface area contributed by atoms with Crippen molar-refractivity contribution in [2.75, 3.05) is 18.0 Å². The lowest BCUT2D eigenvalue weighted by Gasteiger charge is -2.24. The van der Waals surface area contributed by atoms with Crippen molar-refractivity contribution >= 4 is 17.3 Å². The Hall–Kier alpha value is -0.730. The zero-order valence-electron chi connectivity index (χ0n) is 10.2. The van der Waals surface area contributed by atoms with Crippen molar-refractivity contribution in [3.8, 4) is 0 Å². The first kappa shape index (κ1) is 11.7. The molecule has 0 bridgehead atoms. The van der Waals surface area contributed by atoms with Gasteiger partial charge in [0.05, 0.1) is 10.7 Å². The molecular weight excluding hydrogens is 220 g/mol. The average molecular weight is 239 g/mol. The summed E-state index contributed by atoms with van der Waals surface area (Å²) in [5, 5.41) is 0.843. The Morgan fingerprint density at radius 1 is 1.38 bits per heavy atom. The van der Waals surface area contributed by atoms with E-state index in [0.29, 0.717) is 0 Å². The summed E-state index contributed by atoms with van der Waals surface area (Å²) in [6.07, 6.45) is 1.02. The van der Waals surface area contributed by atoms with Crippen LogP contribution in [0, 0.1) is 13.8 Å². The van der Waals surface area contributed by atoms with Crippen LogP contribution in [-0.4, -0.2) is 18.6 Å². The van der Waals surface area contributed by atoms with E-state index in [1.54, 1.807) is 0 Å². The van der Waals surface area contributed by atoms with Gasteiger partial charge in [-0.3, -0.25) is 0 Å². The summed E-state index contributed by atoms with van der Waals surface area (Å²) in [5.74, 6) is 0. The molecule has 2 N–H and O–H groups in total. The molecule has 88 valence electrons. The van der Waals surface area contributed by atoms with Gasteiger partial charge in [-0.25, -0.2) is 0 Å². The third-order valence-corrected chi connectivity index (χ3v) is 3.51. The predicted octanol–water partition coefficient (Wildman–Crippen LogP) is 2.88. The number of anilines is 1. The molecule has 2 rings (SSSR count). The monoisotopic (exact) mass is 238 g/mol. The number of hydrogen-bond acceptors (Lipinski definition) is 2. The average Bonchev–Trinajstić information content (AvgIpc) is 2.44. The highest BCUT2D eigenvalue weighted by Gasteiger charge is 2.31. The highest BCUT2D eigenvalue weighted by Crippen LogP contribution is 2.34. The molecule has 1 saturated heterocycles. The highest BCUT2D eigenvalue weighted by molar-refractivity contribution is 6.33. The van der Waals surface area contributed by atoms with Gasteiger partial charge in [-0.05, 0) is 44.4 Å². The molecule has 2 nitrogen and oxygen atoms in total. The molecule has 1 atom stereocenters. The highest BCUT2D eigenvalue weighted by atomic mass is 35.5. The van der Waals surface area contributed by atoms with Gasteiger partial charge in [-0.15, -0.1) is 0 Å². The van der Waals surface area contributed by atoms with E-state index in [2.05, 4.69) is 31.7 Å². The van der Waals surface area contributed by atoms with Gasteiger partial charge < -0.3 is 10.6 Å². The molecule has 16 heavy (non-hydrogen) atoms. The zero-order valence-corrected chi connectivity index (χ0v) is 10.9. The molecular formula is C13H19ClN2. The molecule has 0 aromatic heterocycles. The fraction of sp³-hybridized carbons (Fsp3) is 0.538. The Kier molecular flexibility index (Phi) is 2.89. The van der Waals surface area contributed by atoms with Crippen LogP contribution in [0.25, 0.3) is 0 Å². The normalized spacial score (nSPS) is 25.2.